The highest BCUT2D eigenvalue weighted by Gasteiger charge is 2.51. The smallest absolute Gasteiger partial charge is 0.289 e. The number of benzene rings is 1. The van der Waals surface area contributed by atoms with Gasteiger partial charge in [0.1, 0.15) is 0 Å². The molecule has 2 aliphatic rings. The molecule has 1 heterocycles. The molecule has 1 saturated heterocycles. The van der Waals surface area contributed by atoms with E-state index >= 15 is 0 Å². The zero-order valence-corrected chi connectivity index (χ0v) is 12.7. The van der Waals surface area contributed by atoms with Crippen molar-refractivity contribution in [3.8, 4) is 0 Å². The molecule has 1 aromatic carbocycles. The zero-order valence-electron chi connectivity index (χ0n) is 11.9. The third-order valence-electron chi connectivity index (χ3n) is 4.51. The first-order valence-corrected chi connectivity index (χ1v) is 7.62. The number of rotatable bonds is 1. The molecule has 1 aliphatic heterocycles. The predicted octanol–water partition coefficient (Wildman–Crippen LogP) is 3.74. The summed E-state index contributed by atoms with van der Waals surface area (Å²) in [5.74, 6) is -2.68. The van der Waals surface area contributed by atoms with E-state index in [2.05, 4.69) is 5.32 Å². The Balaban J connectivity index is 1.98. The van der Waals surface area contributed by atoms with E-state index in [4.69, 9.17) is 11.6 Å². The summed E-state index contributed by atoms with van der Waals surface area (Å²) in [5, 5.41) is 2.47. The number of amides is 3. The second kappa shape index (κ2) is 5.70. The summed E-state index contributed by atoms with van der Waals surface area (Å²) in [7, 11) is 0. The van der Waals surface area contributed by atoms with E-state index in [-0.39, 0.29) is 24.3 Å². The standard InChI is InChI=1S/C15H14ClF3N2O2/c16-10-3-1-2-4-11(10)21-12-7-8(15(17,18)19)5-6-9(12)13(22)20-14(21)23/h1-4,8-9,12H,5-7H2,(H,20,22,23). The number of nitrogens with one attached hydrogen (secondary N) is 1. The lowest BCUT2D eigenvalue weighted by atomic mass is 9.75. The second-order valence-electron chi connectivity index (χ2n) is 5.84. The van der Waals surface area contributed by atoms with Crippen LogP contribution in [-0.2, 0) is 4.79 Å². The summed E-state index contributed by atoms with van der Waals surface area (Å²) in [6.45, 7) is 0. The number of urea groups is 1. The van der Waals surface area contributed by atoms with Crippen LogP contribution in [0.25, 0.3) is 0 Å². The Morgan fingerprint density at radius 1 is 1.17 bits per heavy atom. The lowest BCUT2D eigenvalue weighted by molar-refractivity contribution is -0.186. The Labute approximate surface area is 135 Å². The van der Waals surface area contributed by atoms with Crippen molar-refractivity contribution in [1.29, 1.82) is 0 Å². The molecular weight excluding hydrogens is 333 g/mol. The molecule has 0 spiro atoms. The molecule has 1 aliphatic carbocycles. The average Bonchev–Trinajstić information content (AvgIpc) is 2.47. The molecule has 1 saturated carbocycles. The normalized spacial score (nSPS) is 28.3. The van der Waals surface area contributed by atoms with E-state index in [1.807, 2.05) is 0 Å². The SMILES string of the molecule is O=C1NC(=O)N(c2ccccc2Cl)C2CC(C(F)(F)F)CCC12. The number of hydrogen-bond donors (Lipinski definition) is 1. The third-order valence-corrected chi connectivity index (χ3v) is 4.83. The van der Waals surface area contributed by atoms with Crippen LogP contribution >= 0.6 is 11.6 Å². The van der Waals surface area contributed by atoms with Gasteiger partial charge < -0.3 is 0 Å². The molecule has 1 N–H and O–H groups in total. The zero-order chi connectivity index (χ0) is 16.8. The van der Waals surface area contributed by atoms with Gasteiger partial charge in [0.15, 0.2) is 0 Å². The predicted molar refractivity (Wildman–Crippen MR) is 78.1 cm³/mol. The summed E-state index contributed by atoms with van der Waals surface area (Å²) in [5.41, 5.74) is 0.317. The van der Waals surface area contributed by atoms with Crippen molar-refractivity contribution >= 4 is 29.2 Å². The highest BCUT2D eigenvalue weighted by Crippen LogP contribution is 2.44. The number of imide groups is 1. The molecule has 8 heteroatoms. The molecule has 1 aromatic rings. The largest absolute Gasteiger partial charge is 0.391 e. The van der Waals surface area contributed by atoms with Gasteiger partial charge in [0.25, 0.3) is 0 Å². The van der Waals surface area contributed by atoms with Crippen molar-refractivity contribution in [3.63, 3.8) is 0 Å². The summed E-state index contributed by atoms with van der Waals surface area (Å²) in [6, 6.07) is 4.86. The number of carbonyl (C=O) groups excluding carboxylic acids is 2. The van der Waals surface area contributed by atoms with Gasteiger partial charge in [-0.25, -0.2) is 4.79 Å². The first-order chi connectivity index (χ1) is 10.8. The van der Waals surface area contributed by atoms with E-state index in [0.29, 0.717) is 5.69 Å². The molecule has 0 bridgehead atoms. The van der Waals surface area contributed by atoms with Crippen molar-refractivity contribution in [2.45, 2.75) is 31.5 Å². The Morgan fingerprint density at radius 2 is 1.87 bits per heavy atom. The van der Waals surface area contributed by atoms with E-state index in [1.54, 1.807) is 24.3 Å². The van der Waals surface area contributed by atoms with Crippen molar-refractivity contribution in [2.24, 2.45) is 11.8 Å². The molecule has 2 fully saturated rings. The minimum absolute atomic E-state index is 0.0922. The number of nitrogens with zero attached hydrogens (tertiary/aromatic N) is 1. The maximum atomic E-state index is 13.1. The number of carbonyl (C=O) groups is 2. The van der Waals surface area contributed by atoms with Gasteiger partial charge in [0.05, 0.1) is 28.6 Å². The molecule has 4 nitrogen and oxygen atoms in total. The van der Waals surface area contributed by atoms with Gasteiger partial charge in [-0.2, -0.15) is 13.2 Å². The molecular formula is C15H14ClF3N2O2. The van der Waals surface area contributed by atoms with Crippen LogP contribution in [0.15, 0.2) is 24.3 Å². The van der Waals surface area contributed by atoms with E-state index < -0.39 is 36.0 Å². The Bertz CT molecular complexity index is 650. The summed E-state index contributed by atoms with van der Waals surface area (Å²) in [6.07, 6.45) is -4.65. The highest BCUT2D eigenvalue weighted by molar-refractivity contribution is 6.34. The van der Waals surface area contributed by atoms with E-state index in [0.717, 1.165) is 0 Å². The molecule has 0 aromatic heterocycles. The molecule has 3 amide bonds. The third kappa shape index (κ3) is 2.89. The molecule has 3 atom stereocenters. The topological polar surface area (TPSA) is 49.4 Å². The summed E-state index contributed by atoms with van der Waals surface area (Å²) in [4.78, 5) is 25.4. The van der Waals surface area contributed by atoms with Gasteiger partial charge in [-0.05, 0) is 31.4 Å². The molecule has 3 unspecified atom stereocenters. The number of halogens is 4. The Hall–Kier alpha value is -1.76. The highest BCUT2D eigenvalue weighted by atomic mass is 35.5. The van der Waals surface area contributed by atoms with Crippen LogP contribution in [0.4, 0.5) is 23.7 Å². The first-order valence-electron chi connectivity index (χ1n) is 7.24. The average molecular weight is 347 g/mol. The fourth-order valence-corrected chi connectivity index (χ4v) is 3.61. The van der Waals surface area contributed by atoms with Gasteiger partial charge in [-0.3, -0.25) is 15.0 Å². The molecule has 124 valence electrons. The summed E-state index contributed by atoms with van der Waals surface area (Å²) < 4.78 is 39.2. The summed E-state index contributed by atoms with van der Waals surface area (Å²) >= 11 is 6.09. The van der Waals surface area contributed by atoms with Gasteiger partial charge in [0, 0.05) is 0 Å². The van der Waals surface area contributed by atoms with Crippen molar-refractivity contribution in [3.05, 3.63) is 29.3 Å². The van der Waals surface area contributed by atoms with Gasteiger partial charge in [-0.1, -0.05) is 23.7 Å². The van der Waals surface area contributed by atoms with Crippen molar-refractivity contribution < 1.29 is 22.8 Å². The fourth-order valence-electron chi connectivity index (χ4n) is 3.38. The number of anilines is 1. The quantitative estimate of drug-likeness (QED) is 0.842. The van der Waals surface area contributed by atoms with Crippen LogP contribution in [-0.4, -0.2) is 24.2 Å². The number of alkyl halides is 3. The Kier molecular flexibility index (Phi) is 4.00. The minimum atomic E-state index is -4.34. The molecule has 23 heavy (non-hydrogen) atoms. The monoisotopic (exact) mass is 346 g/mol. The second-order valence-corrected chi connectivity index (χ2v) is 6.25. The number of para-hydroxylation sites is 1. The Morgan fingerprint density at radius 3 is 2.52 bits per heavy atom. The van der Waals surface area contributed by atoms with Crippen LogP contribution in [0.5, 0.6) is 0 Å². The first kappa shape index (κ1) is 16.1. The van der Waals surface area contributed by atoms with Gasteiger partial charge >= 0.3 is 12.2 Å². The van der Waals surface area contributed by atoms with Crippen LogP contribution in [0.1, 0.15) is 19.3 Å². The molecule has 3 rings (SSSR count). The number of fused-ring (bicyclic) bond motifs is 1. The van der Waals surface area contributed by atoms with E-state index in [1.165, 1.54) is 4.90 Å². The van der Waals surface area contributed by atoms with Gasteiger partial charge in [-0.15, -0.1) is 0 Å². The van der Waals surface area contributed by atoms with Crippen molar-refractivity contribution in [1.82, 2.24) is 5.32 Å². The van der Waals surface area contributed by atoms with E-state index in [9.17, 15) is 22.8 Å². The van der Waals surface area contributed by atoms with Crippen LogP contribution < -0.4 is 10.2 Å². The van der Waals surface area contributed by atoms with Crippen LogP contribution in [0.2, 0.25) is 5.02 Å². The molecule has 0 radical (unpaired) electrons. The van der Waals surface area contributed by atoms with Crippen LogP contribution in [0.3, 0.4) is 0 Å². The lowest BCUT2D eigenvalue weighted by Gasteiger charge is -2.45. The maximum Gasteiger partial charge on any atom is 0.391 e. The fraction of sp³-hybridized carbons (Fsp3) is 0.467. The minimum Gasteiger partial charge on any atom is -0.289 e. The number of hydrogen-bond acceptors (Lipinski definition) is 2. The maximum absolute atomic E-state index is 13.1. The van der Waals surface area contributed by atoms with Gasteiger partial charge in [0.2, 0.25) is 5.91 Å². The van der Waals surface area contributed by atoms with Crippen LogP contribution in [0, 0.1) is 11.8 Å². The lowest BCUT2D eigenvalue weighted by Crippen LogP contribution is -2.62. The van der Waals surface area contributed by atoms with Crippen molar-refractivity contribution in [2.75, 3.05) is 4.90 Å².